The summed E-state index contributed by atoms with van der Waals surface area (Å²) in [7, 11) is 0. The van der Waals surface area contributed by atoms with Crippen molar-refractivity contribution in [3.05, 3.63) is 35.0 Å². The Hall–Kier alpha value is -2.74. The summed E-state index contributed by atoms with van der Waals surface area (Å²) in [6, 6.07) is 5.79. The zero-order chi connectivity index (χ0) is 20.2. The van der Waals surface area contributed by atoms with Crippen LogP contribution in [0.4, 0.5) is 0 Å². The normalized spacial score (nSPS) is 33.1. The number of hydrogen-bond acceptors (Lipinski definition) is 7. The summed E-state index contributed by atoms with van der Waals surface area (Å²) in [5, 5.41) is 2.62. The second-order valence-electron chi connectivity index (χ2n) is 9.00. The average molecular weight is 423 g/mol. The molecule has 1 amide bonds. The van der Waals surface area contributed by atoms with E-state index in [1.807, 2.05) is 18.2 Å². The van der Waals surface area contributed by atoms with Crippen LogP contribution in [0.25, 0.3) is 16.3 Å². The number of fused-ring (bicyclic) bond motifs is 1. The van der Waals surface area contributed by atoms with E-state index >= 15 is 0 Å². The molecule has 4 fully saturated rings. The number of carbonyl (C=O) groups excluding carboxylic acids is 2. The van der Waals surface area contributed by atoms with Crippen LogP contribution in [0.3, 0.4) is 0 Å². The van der Waals surface area contributed by atoms with Crippen LogP contribution in [-0.2, 0) is 14.4 Å². The van der Waals surface area contributed by atoms with E-state index in [2.05, 4.69) is 20.8 Å². The summed E-state index contributed by atoms with van der Waals surface area (Å²) in [4.78, 5) is 38.9. The highest BCUT2D eigenvalue weighted by molar-refractivity contribution is 7.16. The van der Waals surface area contributed by atoms with E-state index in [9.17, 15) is 9.59 Å². The monoisotopic (exact) mass is 422 g/mol. The standard InChI is InChI=1S/C22H22N4O3S/c27-20-17(8-11-1-2-16-18(9-11)30-10-23-16)24-22(25-20)26-29-21(28)19-14-4-12-3-13(6-14)7-15(19)5-12/h1-2,8-10,12-15,19H,3-7H2,(H2,24,25,26,27)/b17-8-. The van der Waals surface area contributed by atoms with Crippen molar-refractivity contribution in [1.29, 1.82) is 0 Å². The summed E-state index contributed by atoms with van der Waals surface area (Å²) in [5.41, 5.74) is 6.44. The summed E-state index contributed by atoms with van der Waals surface area (Å²) in [6.45, 7) is 0. The van der Waals surface area contributed by atoms with Gasteiger partial charge in [0.25, 0.3) is 5.91 Å². The maximum atomic E-state index is 12.8. The van der Waals surface area contributed by atoms with Crippen LogP contribution in [0.5, 0.6) is 0 Å². The molecule has 154 valence electrons. The first-order chi connectivity index (χ1) is 14.6. The Morgan fingerprint density at radius 2 is 1.93 bits per heavy atom. The van der Waals surface area contributed by atoms with Crippen LogP contribution in [0.15, 0.2) is 34.4 Å². The molecule has 4 bridgehead atoms. The molecule has 8 heteroatoms. The fourth-order valence-corrected chi connectivity index (χ4v) is 6.84. The van der Waals surface area contributed by atoms with Crippen molar-refractivity contribution in [2.45, 2.75) is 32.1 Å². The van der Waals surface area contributed by atoms with E-state index in [1.165, 1.54) is 6.42 Å². The molecule has 30 heavy (non-hydrogen) atoms. The highest BCUT2D eigenvalue weighted by atomic mass is 32.1. The van der Waals surface area contributed by atoms with Gasteiger partial charge in [-0.15, -0.1) is 11.3 Å². The number of nitrogens with one attached hydrogen (secondary N) is 2. The average Bonchev–Trinajstić information content (AvgIpc) is 3.31. The van der Waals surface area contributed by atoms with Gasteiger partial charge in [-0.3, -0.25) is 10.1 Å². The number of aliphatic imine (C=N–C) groups is 1. The summed E-state index contributed by atoms with van der Waals surface area (Å²) < 4.78 is 1.05. The molecule has 5 aliphatic rings. The lowest BCUT2D eigenvalue weighted by molar-refractivity contribution is -0.166. The van der Waals surface area contributed by atoms with Crippen LogP contribution in [0.1, 0.15) is 37.7 Å². The molecule has 1 aromatic carbocycles. The van der Waals surface area contributed by atoms with Crippen molar-refractivity contribution >= 4 is 45.5 Å². The van der Waals surface area contributed by atoms with Crippen LogP contribution in [-0.4, -0.2) is 22.8 Å². The van der Waals surface area contributed by atoms with Crippen molar-refractivity contribution in [3.63, 3.8) is 0 Å². The first kappa shape index (κ1) is 18.1. The number of guanidine groups is 1. The SMILES string of the molecule is O=C1NC(NOC(=O)C2C3CC4CC(C3)CC2C4)=N/C1=C\c1ccc2ncsc2c1. The highest BCUT2D eigenvalue weighted by Crippen LogP contribution is 2.56. The molecule has 1 aliphatic heterocycles. The fraction of sp³-hybridized carbons (Fsp3) is 0.455. The molecule has 0 saturated heterocycles. The van der Waals surface area contributed by atoms with E-state index < -0.39 is 0 Å². The van der Waals surface area contributed by atoms with Gasteiger partial charge in [0.15, 0.2) is 0 Å². The maximum Gasteiger partial charge on any atom is 0.335 e. The van der Waals surface area contributed by atoms with Gasteiger partial charge in [-0.05, 0) is 79.5 Å². The number of aromatic nitrogens is 1. The first-order valence-corrected chi connectivity index (χ1v) is 11.4. The number of hydroxylamine groups is 1. The van der Waals surface area contributed by atoms with Gasteiger partial charge in [0, 0.05) is 0 Å². The third-order valence-electron chi connectivity index (χ3n) is 7.10. The van der Waals surface area contributed by atoms with Crippen molar-refractivity contribution in [2.75, 3.05) is 0 Å². The minimum absolute atomic E-state index is 0.0239. The van der Waals surface area contributed by atoms with Gasteiger partial charge in [0.1, 0.15) is 5.70 Å². The molecule has 1 aromatic heterocycles. The number of hydrogen-bond donors (Lipinski definition) is 2. The highest BCUT2D eigenvalue weighted by Gasteiger charge is 2.51. The third-order valence-corrected chi connectivity index (χ3v) is 7.89. The first-order valence-electron chi connectivity index (χ1n) is 10.5. The van der Waals surface area contributed by atoms with Gasteiger partial charge >= 0.3 is 5.97 Å². The Morgan fingerprint density at radius 3 is 2.70 bits per heavy atom. The van der Waals surface area contributed by atoms with E-state index in [0.29, 0.717) is 11.8 Å². The largest absolute Gasteiger partial charge is 0.340 e. The number of amides is 1. The van der Waals surface area contributed by atoms with Crippen LogP contribution >= 0.6 is 11.3 Å². The molecular formula is C22H22N4O3S. The van der Waals surface area contributed by atoms with Gasteiger partial charge in [0.2, 0.25) is 5.96 Å². The summed E-state index contributed by atoms with van der Waals surface area (Å²) in [6.07, 6.45) is 7.68. The van der Waals surface area contributed by atoms with Crippen molar-refractivity contribution in [3.8, 4) is 0 Å². The lowest BCUT2D eigenvalue weighted by Crippen LogP contribution is -2.50. The van der Waals surface area contributed by atoms with E-state index in [4.69, 9.17) is 4.84 Å². The molecule has 7 nitrogen and oxygen atoms in total. The predicted molar refractivity (Wildman–Crippen MR) is 113 cm³/mol. The number of nitrogens with zero attached hydrogens (tertiary/aromatic N) is 2. The molecule has 0 spiro atoms. The number of rotatable bonds is 2. The molecule has 0 unspecified atom stereocenters. The lowest BCUT2D eigenvalue weighted by atomic mass is 9.52. The maximum absolute atomic E-state index is 12.8. The molecule has 7 rings (SSSR count). The molecular weight excluding hydrogens is 400 g/mol. The van der Waals surface area contributed by atoms with E-state index in [0.717, 1.165) is 53.3 Å². The van der Waals surface area contributed by atoms with Gasteiger partial charge in [-0.1, -0.05) is 6.07 Å². The number of benzene rings is 1. The second kappa shape index (κ2) is 6.91. The molecule has 2 heterocycles. The quantitative estimate of drug-likeness (QED) is 0.573. The zero-order valence-corrected chi connectivity index (χ0v) is 17.2. The van der Waals surface area contributed by atoms with Gasteiger partial charge in [0.05, 0.1) is 21.6 Å². The smallest absolute Gasteiger partial charge is 0.335 e. The molecule has 0 radical (unpaired) electrons. The van der Waals surface area contributed by atoms with Gasteiger partial charge in [-0.2, -0.15) is 5.48 Å². The Bertz CT molecular complexity index is 1080. The van der Waals surface area contributed by atoms with Crippen LogP contribution < -0.4 is 10.8 Å². The fourth-order valence-electron chi connectivity index (χ4n) is 6.11. The molecule has 2 N–H and O–H groups in total. The molecule has 4 aliphatic carbocycles. The van der Waals surface area contributed by atoms with Crippen molar-refractivity contribution < 1.29 is 14.4 Å². The number of carbonyl (C=O) groups is 2. The topological polar surface area (TPSA) is 92.7 Å². The summed E-state index contributed by atoms with van der Waals surface area (Å²) in [5.74, 6) is 2.10. The Labute approximate surface area is 177 Å². The van der Waals surface area contributed by atoms with Gasteiger partial charge < -0.3 is 4.84 Å². The predicted octanol–water partition coefficient (Wildman–Crippen LogP) is 3.24. The Morgan fingerprint density at radius 1 is 1.17 bits per heavy atom. The summed E-state index contributed by atoms with van der Waals surface area (Å²) >= 11 is 1.55. The number of thiazole rings is 1. The van der Waals surface area contributed by atoms with Crippen molar-refractivity contribution in [2.24, 2.45) is 34.6 Å². The molecule has 4 saturated carbocycles. The molecule has 0 atom stereocenters. The van der Waals surface area contributed by atoms with Crippen molar-refractivity contribution in [1.82, 2.24) is 15.8 Å². The Kier molecular flexibility index (Phi) is 4.16. The zero-order valence-electron chi connectivity index (χ0n) is 16.3. The minimum Gasteiger partial charge on any atom is -0.340 e. The third kappa shape index (κ3) is 3.10. The van der Waals surface area contributed by atoms with Gasteiger partial charge in [-0.25, -0.2) is 14.8 Å². The second-order valence-corrected chi connectivity index (χ2v) is 9.89. The van der Waals surface area contributed by atoms with Crippen LogP contribution in [0, 0.1) is 29.6 Å². The minimum atomic E-state index is -0.326. The Balaban J connectivity index is 1.13. The molecule has 2 aromatic rings. The van der Waals surface area contributed by atoms with E-state index in [1.54, 1.807) is 22.9 Å². The lowest BCUT2D eigenvalue weighted by Gasteiger charge is -2.53. The van der Waals surface area contributed by atoms with E-state index in [-0.39, 0.29) is 29.5 Å². The van der Waals surface area contributed by atoms with Crippen LogP contribution in [0.2, 0.25) is 0 Å².